The van der Waals surface area contributed by atoms with Gasteiger partial charge in [-0.15, -0.1) is 0 Å². The molecule has 9 heteroatoms. The minimum atomic E-state index is -4.75. The summed E-state index contributed by atoms with van der Waals surface area (Å²) in [6, 6.07) is 1.82. The van der Waals surface area contributed by atoms with Gasteiger partial charge in [0.25, 0.3) is 0 Å². The van der Waals surface area contributed by atoms with Crippen molar-refractivity contribution in [2.24, 2.45) is 12.9 Å². The molecule has 0 aliphatic heterocycles. The van der Waals surface area contributed by atoms with Crippen molar-refractivity contribution >= 4 is 5.82 Å². The molecule has 1 atom stereocenters. The highest BCUT2D eigenvalue weighted by atomic mass is 19.4. The number of hydrazine groups is 1. The summed E-state index contributed by atoms with van der Waals surface area (Å²) in [7, 11) is 1.60. The van der Waals surface area contributed by atoms with Crippen molar-refractivity contribution in [3.8, 4) is 0 Å². The zero-order chi connectivity index (χ0) is 15.8. The van der Waals surface area contributed by atoms with Crippen molar-refractivity contribution < 1.29 is 17.6 Å². The Balaban J connectivity index is 2.45. The lowest BCUT2D eigenvalue weighted by Gasteiger charge is -2.17. The molecule has 1 aromatic heterocycles. The number of hydrogen-bond acceptors (Lipinski definition) is 4. The van der Waals surface area contributed by atoms with Gasteiger partial charge in [0.05, 0.1) is 17.8 Å². The minimum absolute atomic E-state index is 0.211. The van der Waals surface area contributed by atoms with E-state index in [0.29, 0.717) is 11.6 Å². The summed E-state index contributed by atoms with van der Waals surface area (Å²) in [5, 5.41) is 3.91. The lowest BCUT2D eigenvalue weighted by molar-refractivity contribution is -0.140. The third kappa shape index (κ3) is 2.83. The quantitative estimate of drug-likeness (QED) is 0.458. The average Bonchev–Trinajstić information content (AvgIpc) is 2.71. The van der Waals surface area contributed by atoms with Crippen LogP contribution in [0.25, 0.3) is 0 Å². The number of benzene rings is 1. The van der Waals surface area contributed by atoms with Crippen LogP contribution in [0.3, 0.4) is 0 Å². The number of rotatable bonds is 3. The van der Waals surface area contributed by atoms with Gasteiger partial charge in [0, 0.05) is 12.6 Å². The number of aryl methyl sites for hydroxylation is 1. The third-order valence-electron chi connectivity index (χ3n) is 3.12. The highest BCUT2D eigenvalue weighted by Gasteiger charge is 2.34. The van der Waals surface area contributed by atoms with Gasteiger partial charge in [-0.05, 0) is 17.7 Å². The number of hydrogen-bond donors (Lipinski definition) is 3. The Labute approximate surface area is 117 Å². The second kappa shape index (κ2) is 5.34. The molecule has 0 bridgehead atoms. The van der Waals surface area contributed by atoms with Gasteiger partial charge in [-0.25, -0.2) is 9.82 Å². The minimum Gasteiger partial charge on any atom is -0.384 e. The fourth-order valence-electron chi connectivity index (χ4n) is 1.99. The predicted octanol–water partition coefficient (Wildman–Crippen LogP) is 1.71. The molecule has 2 rings (SSSR count). The molecule has 21 heavy (non-hydrogen) atoms. The zero-order valence-corrected chi connectivity index (χ0v) is 10.9. The van der Waals surface area contributed by atoms with Gasteiger partial charge < -0.3 is 5.73 Å². The fraction of sp³-hybridized carbons (Fsp3) is 0.250. The lowest BCUT2D eigenvalue weighted by atomic mass is 9.99. The van der Waals surface area contributed by atoms with Crippen LogP contribution in [-0.2, 0) is 13.2 Å². The summed E-state index contributed by atoms with van der Waals surface area (Å²) in [6.07, 6.45) is -3.34. The summed E-state index contributed by atoms with van der Waals surface area (Å²) < 4.78 is 52.6. The Bertz CT molecular complexity index is 650. The van der Waals surface area contributed by atoms with Crippen molar-refractivity contribution in [2.45, 2.75) is 12.2 Å². The summed E-state index contributed by atoms with van der Waals surface area (Å²) in [4.78, 5) is 0. The fourth-order valence-corrected chi connectivity index (χ4v) is 1.99. The zero-order valence-electron chi connectivity index (χ0n) is 10.9. The predicted molar refractivity (Wildman–Crippen MR) is 68.2 cm³/mol. The monoisotopic (exact) mass is 303 g/mol. The van der Waals surface area contributed by atoms with Crippen LogP contribution in [0.15, 0.2) is 24.4 Å². The van der Waals surface area contributed by atoms with Gasteiger partial charge in [-0.1, -0.05) is 6.07 Å². The topological polar surface area (TPSA) is 81.9 Å². The van der Waals surface area contributed by atoms with Crippen LogP contribution < -0.4 is 17.0 Å². The lowest BCUT2D eigenvalue weighted by Crippen LogP contribution is -2.29. The molecule has 0 radical (unpaired) electrons. The molecule has 0 fully saturated rings. The number of anilines is 1. The van der Waals surface area contributed by atoms with Gasteiger partial charge in [-0.2, -0.15) is 18.3 Å². The summed E-state index contributed by atoms with van der Waals surface area (Å²) >= 11 is 0. The number of nitrogens with zero attached hydrogens (tertiary/aromatic N) is 2. The molecule has 0 aliphatic carbocycles. The highest BCUT2D eigenvalue weighted by Crippen LogP contribution is 2.33. The molecule has 1 heterocycles. The van der Waals surface area contributed by atoms with Crippen molar-refractivity contribution in [1.29, 1.82) is 0 Å². The molecule has 1 unspecified atom stereocenters. The average molecular weight is 303 g/mol. The summed E-state index contributed by atoms with van der Waals surface area (Å²) in [6.45, 7) is 0. The normalized spacial score (nSPS) is 13.4. The van der Waals surface area contributed by atoms with E-state index in [1.54, 1.807) is 7.05 Å². The maximum atomic E-state index is 13.6. The summed E-state index contributed by atoms with van der Waals surface area (Å²) in [5.41, 5.74) is 7.50. The Morgan fingerprint density at radius 2 is 2.00 bits per heavy atom. The maximum absolute atomic E-state index is 13.6. The number of halogens is 4. The van der Waals surface area contributed by atoms with Crippen molar-refractivity contribution in [1.82, 2.24) is 15.2 Å². The van der Waals surface area contributed by atoms with E-state index in [9.17, 15) is 17.6 Å². The summed E-state index contributed by atoms with van der Waals surface area (Å²) in [5.74, 6) is 4.31. The van der Waals surface area contributed by atoms with Crippen LogP contribution in [0, 0.1) is 5.82 Å². The molecule has 0 saturated heterocycles. The second-order valence-corrected chi connectivity index (χ2v) is 4.45. The van der Waals surface area contributed by atoms with Crippen LogP contribution in [0.1, 0.15) is 22.7 Å². The van der Waals surface area contributed by atoms with Crippen molar-refractivity contribution in [2.75, 3.05) is 5.73 Å². The SMILES string of the molecule is Cn1ncc(C(NN)c2ccc(C(F)(F)F)c(F)c2)c1N. The van der Waals surface area contributed by atoms with Crippen LogP contribution in [0.4, 0.5) is 23.4 Å². The number of nitrogen functional groups attached to an aromatic ring is 1. The standard InChI is InChI=1S/C12H13F4N5/c1-21-11(17)7(5-19-21)10(20-18)6-2-3-8(9(13)4-6)12(14,15)16/h2-5,10,20H,17-18H2,1H3. The van der Waals surface area contributed by atoms with E-state index in [1.807, 2.05) is 0 Å². The van der Waals surface area contributed by atoms with E-state index in [1.165, 1.54) is 10.9 Å². The Morgan fingerprint density at radius 3 is 2.43 bits per heavy atom. The molecule has 0 aliphatic rings. The Morgan fingerprint density at radius 1 is 1.33 bits per heavy atom. The molecule has 114 valence electrons. The number of aromatic nitrogens is 2. The maximum Gasteiger partial charge on any atom is 0.419 e. The number of alkyl halides is 3. The van der Waals surface area contributed by atoms with E-state index in [-0.39, 0.29) is 11.4 Å². The van der Waals surface area contributed by atoms with Crippen LogP contribution in [0.2, 0.25) is 0 Å². The van der Waals surface area contributed by atoms with E-state index in [4.69, 9.17) is 11.6 Å². The smallest absolute Gasteiger partial charge is 0.384 e. The van der Waals surface area contributed by atoms with E-state index in [0.717, 1.165) is 12.1 Å². The first kappa shape index (κ1) is 15.3. The van der Waals surface area contributed by atoms with Gasteiger partial charge >= 0.3 is 6.18 Å². The molecule has 0 saturated carbocycles. The third-order valence-corrected chi connectivity index (χ3v) is 3.12. The molecular weight excluding hydrogens is 290 g/mol. The molecule has 1 aromatic carbocycles. The van der Waals surface area contributed by atoms with E-state index in [2.05, 4.69) is 10.5 Å². The Hall–Kier alpha value is -2.13. The van der Waals surface area contributed by atoms with Crippen molar-refractivity contribution in [3.05, 3.63) is 46.9 Å². The molecular formula is C12H13F4N5. The molecule has 0 spiro atoms. The number of nitrogens with two attached hydrogens (primary N) is 2. The largest absolute Gasteiger partial charge is 0.419 e. The van der Waals surface area contributed by atoms with Gasteiger partial charge in [-0.3, -0.25) is 10.5 Å². The second-order valence-electron chi connectivity index (χ2n) is 4.45. The van der Waals surface area contributed by atoms with E-state index >= 15 is 0 Å². The molecule has 5 nitrogen and oxygen atoms in total. The Kier molecular flexibility index (Phi) is 3.88. The first-order valence-electron chi connectivity index (χ1n) is 5.86. The number of nitrogens with one attached hydrogen (secondary N) is 1. The molecule has 5 N–H and O–H groups in total. The molecule has 0 amide bonds. The first-order chi connectivity index (χ1) is 9.75. The van der Waals surface area contributed by atoms with Crippen LogP contribution >= 0.6 is 0 Å². The van der Waals surface area contributed by atoms with E-state index < -0.39 is 23.6 Å². The first-order valence-corrected chi connectivity index (χ1v) is 5.86. The van der Waals surface area contributed by atoms with Gasteiger partial charge in [0.15, 0.2) is 0 Å². The van der Waals surface area contributed by atoms with Gasteiger partial charge in [0.1, 0.15) is 11.6 Å². The molecule has 2 aromatic rings. The van der Waals surface area contributed by atoms with Crippen LogP contribution in [0.5, 0.6) is 0 Å². The van der Waals surface area contributed by atoms with Crippen molar-refractivity contribution in [3.63, 3.8) is 0 Å². The van der Waals surface area contributed by atoms with Crippen LogP contribution in [-0.4, -0.2) is 9.78 Å². The highest BCUT2D eigenvalue weighted by molar-refractivity contribution is 5.46. The van der Waals surface area contributed by atoms with Gasteiger partial charge in [0.2, 0.25) is 0 Å².